The normalized spacial score (nSPS) is 17.4. The summed E-state index contributed by atoms with van der Waals surface area (Å²) >= 11 is 0. The van der Waals surface area contributed by atoms with Crippen molar-refractivity contribution >= 4 is 22.8 Å². The van der Waals surface area contributed by atoms with E-state index in [1.807, 2.05) is 42.5 Å². The van der Waals surface area contributed by atoms with Crippen molar-refractivity contribution in [2.45, 2.75) is 5.92 Å². The number of H-pyrrole nitrogens is 1. The zero-order valence-electron chi connectivity index (χ0n) is 10.6. The van der Waals surface area contributed by atoms with Gasteiger partial charge in [0.25, 0.3) is 0 Å². The zero-order valence-corrected chi connectivity index (χ0v) is 10.6. The molecule has 1 atom stereocenters. The number of aromatic amines is 1. The minimum absolute atomic E-state index is 0.0377. The summed E-state index contributed by atoms with van der Waals surface area (Å²) in [4.78, 5) is 24.3. The molecule has 0 bridgehead atoms. The van der Waals surface area contributed by atoms with Crippen molar-refractivity contribution in [2.24, 2.45) is 0 Å². The molecule has 4 heteroatoms. The third-order valence-corrected chi connectivity index (χ3v) is 3.56. The molecule has 0 fully saturated rings. The monoisotopic (exact) mass is 261 g/mol. The van der Waals surface area contributed by atoms with Gasteiger partial charge in [-0.2, -0.15) is 0 Å². The molecular formula is C16H11N3O. The molecule has 20 heavy (non-hydrogen) atoms. The van der Waals surface area contributed by atoms with Gasteiger partial charge in [0.05, 0.1) is 17.1 Å². The highest BCUT2D eigenvalue weighted by Gasteiger charge is 2.27. The second kappa shape index (κ2) is 4.13. The van der Waals surface area contributed by atoms with Crippen LogP contribution in [0.1, 0.15) is 27.8 Å². The summed E-state index contributed by atoms with van der Waals surface area (Å²) in [6.45, 7) is 0. The predicted octanol–water partition coefficient (Wildman–Crippen LogP) is 2.95. The number of hydrogen-bond donors (Lipinski definition) is 1. The largest absolute Gasteiger partial charge is 0.348 e. The van der Waals surface area contributed by atoms with Crippen molar-refractivity contribution < 1.29 is 4.79 Å². The van der Waals surface area contributed by atoms with Gasteiger partial charge >= 0.3 is 0 Å². The van der Waals surface area contributed by atoms with Crippen LogP contribution in [0.25, 0.3) is 17.0 Å². The van der Waals surface area contributed by atoms with Crippen LogP contribution >= 0.6 is 0 Å². The van der Waals surface area contributed by atoms with E-state index in [0.717, 1.165) is 16.6 Å². The van der Waals surface area contributed by atoms with E-state index in [1.165, 1.54) is 0 Å². The Kier molecular flexibility index (Phi) is 2.29. The lowest BCUT2D eigenvalue weighted by Gasteiger charge is -2.16. The van der Waals surface area contributed by atoms with Crippen LogP contribution in [0.3, 0.4) is 0 Å². The molecule has 0 radical (unpaired) electrons. The van der Waals surface area contributed by atoms with E-state index in [2.05, 4.69) is 15.0 Å². The Balaban J connectivity index is 1.89. The first-order valence-corrected chi connectivity index (χ1v) is 6.44. The minimum atomic E-state index is -0.347. The number of carbonyl (C=O) groups is 1. The summed E-state index contributed by atoms with van der Waals surface area (Å²) in [6.07, 6.45) is 7.14. The molecule has 0 aliphatic heterocycles. The highest BCUT2D eigenvalue weighted by molar-refractivity contribution is 6.08. The van der Waals surface area contributed by atoms with Crippen molar-refractivity contribution in [2.75, 3.05) is 0 Å². The molecule has 4 rings (SSSR count). The third-order valence-electron chi connectivity index (χ3n) is 3.56. The molecular weight excluding hydrogens is 250 g/mol. The van der Waals surface area contributed by atoms with Crippen molar-refractivity contribution in [3.05, 3.63) is 65.9 Å². The molecule has 1 aromatic carbocycles. The van der Waals surface area contributed by atoms with E-state index in [4.69, 9.17) is 0 Å². The van der Waals surface area contributed by atoms with Crippen LogP contribution in [-0.4, -0.2) is 20.7 Å². The summed E-state index contributed by atoms with van der Waals surface area (Å²) in [5, 5.41) is 0.980. The second-order valence-electron chi connectivity index (χ2n) is 4.79. The van der Waals surface area contributed by atoms with Crippen LogP contribution in [0.2, 0.25) is 0 Å². The average Bonchev–Trinajstić information content (AvgIpc) is 3.00. The summed E-state index contributed by atoms with van der Waals surface area (Å²) < 4.78 is 0. The Morgan fingerprint density at radius 2 is 2.10 bits per heavy atom. The predicted molar refractivity (Wildman–Crippen MR) is 76.4 cm³/mol. The van der Waals surface area contributed by atoms with E-state index < -0.39 is 0 Å². The number of allylic oxidation sites excluding steroid dienone is 1. The highest BCUT2D eigenvalue weighted by atomic mass is 16.1. The molecule has 1 aliphatic rings. The lowest BCUT2D eigenvalue weighted by atomic mass is 9.89. The van der Waals surface area contributed by atoms with Gasteiger partial charge in [-0.15, -0.1) is 0 Å². The highest BCUT2D eigenvalue weighted by Crippen LogP contribution is 2.29. The fourth-order valence-corrected chi connectivity index (χ4v) is 2.56. The molecule has 96 valence electrons. The van der Waals surface area contributed by atoms with Gasteiger partial charge in [-0.1, -0.05) is 24.3 Å². The van der Waals surface area contributed by atoms with Crippen molar-refractivity contribution in [1.82, 2.24) is 15.0 Å². The van der Waals surface area contributed by atoms with Crippen molar-refractivity contribution in [3.8, 4) is 0 Å². The quantitative estimate of drug-likeness (QED) is 0.732. The van der Waals surface area contributed by atoms with Crippen molar-refractivity contribution in [3.63, 3.8) is 0 Å². The van der Waals surface area contributed by atoms with Crippen LogP contribution in [0.15, 0.2) is 48.8 Å². The Labute approximate surface area is 115 Å². The fourth-order valence-electron chi connectivity index (χ4n) is 2.56. The van der Waals surface area contributed by atoms with Gasteiger partial charge in [0, 0.05) is 23.3 Å². The molecule has 0 saturated heterocycles. The van der Waals surface area contributed by atoms with E-state index in [0.29, 0.717) is 11.4 Å². The first-order chi connectivity index (χ1) is 9.83. The maximum absolute atomic E-state index is 12.6. The number of Topliss-reactive ketones (excluding diaryl/α,β-unsaturated/α-hetero) is 1. The van der Waals surface area contributed by atoms with Gasteiger partial charge in [-0.25, -0.2) is 9.97 Å². The molecule has 2 heterocycles. The number of imidazole rings is 1. The van der Waals surface area contributed by atoms with Crippen LogP contribution in [-0.2, 0) is 0 Å². The number of rotatable bonds is 1. The van der Waals surface area contributed by atoms with E-state index >= 15 is 0 Å². The molecule has 4 nitrogen and oxygen atoms in total. The number of carbonyl (C=O) groups excluding carboxylic acids is 1. The SMILES string of the molecule is O=C1c2cc3ccccc3nc2C=CC1c1ncc[nH]1. The van der Waals surface area contributed by atoms with Crippen LogP contribution in [0.4, 0.5) is 0 Å². The lowest BCUT2D eigenvalue weighted by Crippen LogP contribution is -2.17. The lowest BCUT2D eigenvalue weighted by molar-refractivity contribution is 0.0972. The molecule has 0 amide bonds. The zero-order chi connectivity index (χ0) is 13.5. The Morgan fingerprint density at radius 1 is 1.20 bits per heavy atom. The van der Waals surface area contributed by atoms with Gasteiger partial charge in [0.1, 0.15) is 5.82 Å². The van der Waals surface area contributed by atoms with Gasteiger partial charge in [0.15, 0.2) is 5.78 Å². The van der Waals surface area contributed by atoms with E-state index in [-0.39, 0.29) is 11.7 Å². The average molecular weight is 261 g/mol. The van der Waals surface area contributed by atoms with Crippen molar-refractivity contribution in [1.29, 1.82) is 0 Å². The number of pyridine rings is 1. The molecule has 1 N–H and O–H groups in total. The topological polar surface area (TPSA) is 58.6 Å². The first-order valence-electron chi connectivity index (χ1n) is 6.44. The number of hydrogen-bond acceptors (Lipinski definition) is 3. The summed E-state index contributed by atoms with van der Waals surface area (Å²) in [5.74, 6) is 0.362. The van der Waals surface area contributed by atoms with Gasteiger partial charge in [-0.05, 0) is 18.2 Å². The summed E-state index contributed by atoms with van der Waals surface area (Å²) in [7, 11) is 0. The van der Waals surface area contributed by atoms with Crippen LogP contribution < -0.4 is 0 Å². The molecule has 0 spiro atoms. The number of ketones is 1. The summed E-state index contributed by atoms with van der Waals surface area (Å²) in [5.41, 5.74) is 2.30. The smallest absolute Gasteiger partial charge is 0.179 e. The Morgan fingerprint density at radius 3 is 2.95 bits per heavy atom. The number of aromatic nitrogens is 3. The number of fused-ring (bicyclic) bond motifs is 2. The van der Waals surface area contributed by atoms with Gasteiger partial charge in [-0.3, -0.25) is 4.79 Å². The molecule has 1 unspecified atom stereocenters. The van der Waals surface area contributed by atoms with Crippen LogP contribution in [0.5, 0.6) is 0 Å². The number of benzene rings is 1. The Hall–Kier alpha value is -2.75. The van der Waals surface area contributed by atoms with E-state index in [1.54, 1.807) is 12.4 Å². The maximum atomic E-state index is 12.6. The molecule has 1 aliphatic carbocycles. The van der Waals surface area contributed by atoms with Gasteiger partial charge < -0.3 is 4.98 Å². The second-order valence-corrected chi connectivity index (χ2v) is 4.79. The number of nitrogens with zero attached hydrogens (tertiary/aromatic N) is 2. The minimum Gasteiger partial charge on any atom is -0.348 e. The first kappa shape index (κ1) is 11.1. The van der Waals surface area contributed by atoms with Crippen LogP contribution in [0, 0.1) is 0 Å². The third kappa shape index (κ3) is 1.58. The van der Waals surface area contributed by atoms with E-state index in [9.17, 15) is 4.79 Å². The van der Waals surface area contributed by atoms with Gasteiger partial charge in [0.2, 0.25) is 0 Å². The summed E-state index contributed by atoms with van der Waals surface area (Å²) in [6, 6.07) is 9.73. The standard InChI is InChI=1S/C16H11N3O/c20-15-11(16-17-7-8-18-16)5-6-14-12(15)9-10-3-1-2-4-13(10)19-14/h1-9,11H,(H,17,18). The molecule has 0 saturated carbocycles. The molecule has 2 aromatic heterocycles. The number of para-hydroxylation sites is 1. The number of nitrogens with one attached hydrogen (secondary N) is 1. The maximum Gasteiger partial charge on any atom is 0.179 e. The fraction of sp³-hybridized carbons (Fsp3) is 0.0625. The molecule has 3 aromatic rings. The Bertz CT molecular complexity index is 834.